The molecule has 0 radical (unpaired) electrons. The standard InChI is InChI=1S/C15H16N4O2/c1-11-2-4-13(5-3-11)17-15(21)19-18-14(20)10-12-6-8-16-9-7-12/h2-9H,10H2,1H3,(H,18,20)(H2,17,19,21). The van der Waals surface area contributed by atoms with Crippen LogP contribution in [0.2, 0.25) is 0 Å². The number of nitrogens with zero attached hydrogens (tertiary/aromatic N) is 1. The van der Waals surface area contributed by atoms with Gasteiger partial charge in [-0.2, -0.15) is 0 Å². The van der Waals surface area contributed by atoms with Crippen molar-refractivity contribution >= 4 is 17.6 Å². The number of nitrogens with one attached hydrogen (secondary N) is 3. The number of carbonyl (C=O) groups is 2. The summed E-state index contributed by atoms with van der Waals surface area (Å²) >= 11 is 0. The molecule has 6 nitrogen and oxygen atoms in total. The van der Waals surface area contributed by atoms with Crippen molar-refractivity contribution in [2.45, 2.75) is 13.3 Å². The Morgan fingerprint density at radius 1 is 1.00 bits per heavy atom. The lowest BCUT2D eigenvalue weighted by Gasteiger charge is -2.09. The molecule has 2 rings (SSSR count). The van der Waals surface area contributed by atoms with Crippen molar-refractivity contribution in [3.63, 3.8) is 0 Å². The number of aromatic nitrogens is 1. The highest BCUT2D eigenvalue weighted by Crippen LogP contribution is 2.07. The Bertz CT molecular complexity index is 611. The minimum absolute atomic E-state index is 0.174. The van der Waals surface area contributed by atoms with Crippen LogP contribution in [-0.2, 0) is 11.2 Å². The van der Waals surface area contributed by atoms with Crippen molar-refractivity contribution < 1.29 is 9.59 Å². The molecule has 0 aliphatic carbocycles. The smallest absolute Gasteiger partial charge is 0.307 e. The third-order valence-electron chi connectivity index (χ3n) is 2.74. The molecule has 6 heteroatoms. The van der Waals surface area contributed by atoms with Crippen LogP contribution in [0.4, 0.5) is 10.5 Å². The number of rotatable bonds is 3. The maximum absolute atomic E-state index is 11.6. The number of anilines is 1. The van der Waals surface area contributed by atoms with Gasteiger partial charge in [0.25, 0.3) is 0 Å². The quantitative estimate of drug-likeness (QED) is 0.751. The summed E-state index contributed by atoms with van der Waals surface area (Å²) in [5, 5.41) is 2.61. The number of urea groups is 1. The van der Waals surface area contributed by atoms with E-state index in [1.54, 1.807) is 36.7 Å². The van der Waals surface area contributed by atoms with Gasteiger partial charge in [0.1, 0.15) is 0 Å². The molecule has 0 unspecified atom stereocenters. The first-order valence-electron chi connectivity index (χ1n) is 6.45. The lowest BCUT2D eigenvalue weighted by atomic mass is 10.2. The Hall–Kier alpha value is -2.89. The molecule has 0 spiro atoms. The van der Waals surface area contributed by atoms with Crippen LogP contribution in [0.15, 0.2) is 48.8 Å². The van der Waals surface area contributed by atoms with E-state index in [1.807, 2.05) is 19.1 Å². The molecular weight excluding hydrogens is 268 g/mol. The number of amides is 3. The summed E-state index contributed by atoms with van der Waals surface area (Å²) in [6.07, 6.45) is 3.40. The summed E-state index contributed by atoms with van der Waals surface area (Å²) in [4.78, 5) is 27.1. The second-order valence-electron chi connectivity index (χ2n) is 4.53. The van der Waals surface area contributed by atoms with Gasteiger partial charge in [-0.05, 0) is 36.8 Å². The highest BCUT2D eigenvalue weighted by Gasteiger charge is 2.05. The summed E-state index contributed by atoms with van der Waals surface area (Å²) in [6.45, 7) is 1.96. The zero-order chi connectivity index (χ0) is 15.1. The van der Waals surface area contributed by atoms with E-state index >= 15 is 0 Å². The van der Waals surface area contributed by atoms with Crippen LogP contribution in [0.5, 0.6) is 0 Å². The average molecular weight is 284 g/mol. The molecule has 108 valence electrons. The Balaban J connectivity index is 1.76. The zero-order valence-electron chi connectivity index (χ0n) is 11.6. The van der Waals surface area contributed by atoms with Crippen molar-refractivity contribution in [2.24, 2.45) is 0 Å². The van der Waals surface area contributed by atoms with Crippen molar-refractivity contribution in [1.82, 2.24) is 15.8 Å². The lowest BCUT2D eigenvalue weighted by molar-refractivity contribution is -0.121. The Labute approximate surface area is 122 Å². The van der Waals surface area contributed by atoms with E-state index in [2.05, 4.69) is 21.2 Å². The van der Waals surface area contributed by atoms with E-state index in [9.17, 15) is 9.59 Å². The van der Waals surface area contributed by atoms with Gasteiger partial charge in [0.2, 0.25) is 5.91 Å². The molecule has 0 saturated heterocycles. The number of hydrogen-bond donors (Lipinski definition) is 3. The largest absolute Gasteiger partial charge is 0.337 e. The predicted octanol–water partition coefficient (Wildman–Crippen LogP) is 1.79. The molecule has 3 amide bonds. The molecule has 0 saturated carbocycles. The number of pyridine rings is 1. The van der Waals surface area contributed by atoms with Crippen molar-refractivity contribution in [2.75, 3.05) is 5.32 Å². The fourth-order valence-corrected chi connectivity index (χ4v) is 1.66. The summed E-state index contributed by atoms with van der Waals surface area (Å²) in [5.74, 6) is -0.305. The van der Waals surface area contributed by atoms with E-state index in [1.165, 1.54) is 0 Å². The number of hydrazine groups is 1. The first kappa shape index (κ1) is 14.5. The molecular formula is C15H16N4O2. The third kappa shape index (κ3) is 4.94. The molecule has 0 aliphatic heterocycles. The summed E-state index contributed by atoms with van der Waals surface area (Å²) < 4.78 is 0. The van der Waals surface area contributed by atoms with Crippen molar-refractivity contribution in [1.29, 1.82) is 0 Å². The number of aryl methyl sites for hydroxylation is 1. The van der Waals surface area contributed by atoms with Crippen molar-refractivity contribution in [3.05, 3.63) is 59.9 Å². The van der Waals surface area contributed by atoms with Crippen LogP contribution in [0, 0.1) is 6.92 Å². The van der Waals surface area contributed by atoms with Crippen LogP contribution in [0.1, 0.15) is 11.1 Å². The topological polar surface area (TPSA) is 83.1 Å². The Morgan fingerprint density at radius 3 is 2.33 bits per heavy atom. The molecule has 2 aromatic rings. The Morgan fingerprint density at radius 2 is 1.67 bits per heavy atom. The predicted molar refractivity (Wildman–Crippen MR) is 79.4 cm³/mol. The van der Waals surface area contributed by atoms with Gasteiger partial charge >= 0.3 is 6.03 Å². The summed E-state index contributed by atoms with van der Waals surface area (Å²) in [5.41, 5.74) is 7.22. The first-order chi connectivity index (χ1) is 10.1. The summed E-state index contributed by atoms with van der Waals surface area (Å²) in [6, 6.07) is 10.3. The minimum atomic E-state index is -0.498. The van der Waals surface area contributed by atoms with Crippen molar-refractivity contribution in [3.8, 4) is 0 Å². The van der Waals surface area contributed by atoms with E-state index in [0.717, 1.165) is 11.1 Å². The SMILES string of the molecule is Cc1ccc(NC(=O)NNC(=O)Cc2ccncc2)cc1. The third-order valence-corrected chi connectivity index (χ3v) is 2.74. The van der Waals surface area contributed by atoms with E-state index in [0.29, 0.717) is 5.69 Å². The van der Waals surface area contributed by atoms with Crippen LogP contribution in [0.3, 0.4) is 0 Å². The number of benzene rings is 1. The van der Waals surface area contributed by atoms with E-state index < -0.39 is 6.03 Å². The molecule has 0 atom stereocenters. The van der Waals surface area contributed by atoms with Gasteiger partial charge in [0.05, 0.1) is 6.42 Å². The number of carbonyl (C=O) groups excluding carboxylic acids is 2. The highest BCUT2D eigenvalue weighted by molar-refractivity contribution is 5.91. The van der Waals surface area contributed by atoms with Gasteiger partial charge in [-0.3, -0.25) is 15.2 Å². The highest BCUT2D eigenvalue weighted by atomic mass is 16.2. The van der Waals surface area contributed by atoms with Gasteiger partial charge in [-0.25, -0.2) is 10.2 Å². The minimum Gasteiger partial charge on any atom is -0.307 e. The fourth-order valence-electron chi connectivity index (χ4n) is 1.66. The molecule has 0 aliphatic rings. The van der Waals surface area contributed by atoms with Crippen LogP contribution in [0.25, 0.3) is 0 Å². The molecule has 0 fully saturated rings. The second-order valence-corrected chi connectivity index (χ2v) is 4.53. The normalized spacial score (nSPS) is 9.76. The Kier molecular flexibility index (Phi) is 4.87. The van der Waals surface area contributed by atoms with Gasteiger partial charge < -0.3 is 5.32 Å². The van der Waals surface area contributed by atoms with Gasteiger partial charge in [0, 0.05) is 18.1 Å². The summed E-state index contributed by atoms with van der Waals surface area (Å²) in [7, 11) is 0. The van der Waals surface area contributed by atoms with E-state index in [4.69, 9.17) is 0 Å². The van der Waals surface area contributed by atoms with Gasteiger partial charge in [-0.15, -0.1) is 0 Å². The van der Waals surface area contributed by atoms with Crippen LogP contribution in [-0.4, -0.2) is 16.9 Å². The molecule has 0 bridgehead atoms. The van der Waals surface area contributed by atoms with Crippen LogP contribution < -0.4 is 16.2 Å². The average Bonchev–Trinajstić information content (AvgIpc) is 2.49. The second kappa shape index (κ2) is 7.04. The molecule has 1 aromatic heterocycles. The van der Waals surface area contributed by atoms with E-state index in [-0.39, 0.29) is 12.3 Å². The maximum Gasteiger partial charge on any atom is 0.337 e. The first-order valence-corrected chi connectivity index (χ1v) is 6.45. The molecule has 21 heavy (non-hydrogen) atoms. The van der Waals surface area contributed by atoms with Gasteiger partial charge in [0.15, 0.2) is 0 Å². The van der Waals surface area contributed by atoms with Crippen LogP contribution >= 0.6 is 0 Å². The molecule has 1 aromatic carbocycles. The lowest BCUT2D eigenvalue weighted by Crippen LogP contribution is -2.44. The fraction of sp³-hybridized carbons (Fsp3) is 0.133. The monoisotopic (exact) mass is 284 g/mol. The van der Waals surface area contributed by atoms with Gasteiger partial charge in [-0.1, -0.05) is 17.7 Å². The zero-order valence-corrected chi connectivity index (χ0v) is 11.6. The maximum atomic E-state index is 11.6. The number of hydrogen-bond acceptors (Lipinski definition) is 3. The molecule has 1 heterocycles. The molecule has 3 N–H and O–H groups in total.